The van der Waals surface area contributed by atoms with Gasteiger partial charge < -0.3 is 19.5 Å². The summed E-state index contributed by atoms with van der Waals surface area (Å²) in [6.45, 7) is 1.37. The molecule has 4 fully saturated rings. The van der Waals surface area contributed by atoms with Crippen LogP contribution in [0.25, 0.3) is 32.9 Å². The zero-order valence-electron chi connectivity index (χ0n) is 24.7. The maximum Gasteiger partial charge on any atom is 0.319 e. The third kappa shape index (κ3) is 3.63. The molecule has 2 spiro atoms. The van der Waals surface area contributed by atoms with E-state index in [-0.39, 0.29) is 57.5 Å². The zero-order chi connectivity index (χ0) is 30.9. The van der Waals surface area contributed by atoms with Gasteiger partial charge in [-0.05, 0) is 68.7 Å². The predicted molar refractivity (Wildman–Crippen MR) is 161 cm³/mol. The van der Waals surface area contributed by atoms with E-state index in [2.05, 4.69) is 20.7 Å². The minimum absolute atomic E-state index is 0.0199. The number of rotatable bonds is 4. The number of likely N-dealkylation sites (N-methyl/N-ethyl adjacent to an activating group) is 1. The second kappa shape index (κ2) is 8.91. The van der Waals surface area contributed by atoms with Gasteiger partial charge in [0.05, 0.1) is 16.6 Å². The Kier molecular flexibility index (Phi) is 5.35. The molecule has 0 unspecified atom stereocenters. The molecule has 1 N–H and O–H groups in total. The van der Waals surface area contributed by atoms with E-state index in [9.17, 15) is 13.9 Å². The Balaban J connectivity index is 1.27. The summed E-state index contributed by atoms with van der Waals surface area (Å²) in [6, 6.07) is 5.44. The van der Waals surface area contributed by atoms with Crippen molar-refractivity contribution in [1.82, 2.24) is 19.9 Å². The Morgan fingerprint density at radius 1 is 1.11 bits per heavy atom. The number of phenols is 1. The van der Waals surface area contributed by atoms with Crippen molar-refractivity contribution in [2.45, 2.75) is 67.8 Å². The SMILES string of the molecule is C#Cc1c(F)ccc2cc(O)cc(-c3nc4c5c(nc(OC[C@@]67CCCN6C[C@H](F)C7)nc5c3F)N(C)C3(CC3)C3(CC3)O4)c12. The Hall–Kier alpha value is -4.30. The molecule has 2 aliphatic carbocycles. The average molecular weight is 614 g/mol. The second-order valence-corrected chi connectivity index (χ2v) is 13.3. The van der Waals surface area contributed by atoms with E-state index in [1.165, 1.54) is 24.3 Å². The number of fused-ring (bicyclic) bond motifs is 3. The van der Waals surface area contributed by atoms with E-state index < -0.39 is 28.9 Å². The average Bonchev–Trinajstić information content (AvgIpc) is 3.93. The van der Waals surface area contributed by atoms with Gasteiger partial charge in [0, 0.05) is 31.0 Å². The lowest BCUT2D eigenvalue weighted by atomic mass is 9.95. The number of hydrogen-bond donors (Lipinski definition) is 1. The molecule has 5 aliphatic rings. The molecule has 45 heavy (non-hydrogen) atoms. The van der Waals surface area contributed by atoms with E-state index in [1.54, 1.807) is 0 Å². The molecule has 5 heterocycles. The fraction of sp³-hybridized carbons (Fsp3) is 0.441. The lowest BCUT2D eigenvalue weighted by molar-refractivity contribution is 0.107. The largest absolute Gasteiger partial charge is 0.508 e. The maximum atomic E-state index is 17.0. The van der Waals surface area contributed by atoms with Crippen LogP contribution in [0.4, 0.5) is 19.0 Å². The number of benzene rings is 2. The fourth-order valence-electron chi connectivity index (χ4n) is 8.44. The Morgan fingerprint density at radius 2 is 1.93 bits per heavy atom. The van der Waals surface area contributed by atoms with Gasteiger partial charge in [0.1, 0.15) is 52.4 Å². The van der Waals surface area contributed by atoms with Crippen molar-refractivity contribution in [3.8, 4) is 41.2 Å². The van der Waals surface area contributed by atoms with Crippen LogP contribution in [0.1, 0.15) is 50.5 Å². The van der Waals surface area contributed by atoms with Gasteiger partial charge in [0.25, 0.3) is 0 Å². The summed E-state index contributed by atoms with van der Waals surface area (Å²) in [5.41, 5.74) is -1.49. The number of aromatic hydroxyl groups is 1. The van der Waals surface area contributed by atoms with Crippen molar-refractivity contribution in [3.05, 3.63) is 41.5 Å². The Bertz CT molecular complexity index is 2010. The lowest BCUT2D eigenvalue weighted by Gasteiger charge is -2.34. The molecular formula is C34H30F3N5O3. The van der Waals surface area contributed by atoms with E-state index in [0.717, 1.165) is 45.1 Å². The standard InChI is InChI=1S/C34H30F3N5O3/c1-3-21-23(36)6-5-18-13-20(43)14-22(24(18)21)27-26(37)28-25-29(41(2)33(8-9-33)34(10-11-34)45-30(25)38-27)40-31(39-28)44-17-32-7-4-12-42(32)16-19(35)15-32/h1,5-6,13-14,19,43H,4,7-12,15-17H2,2H3/t19-,32+/m1/s1. The Labute approximate surface area is 257 Å². The lowest BCUT2D eigenvalue weighted by Crippen LogP contribution is -2.48. The van der Waals surface area contributed by atoms with E-state index >= 15 is 4.39 Å². The van der Waals surface area contributed by atoms with Crippen LogP contribution in [0.2, 0.25) is 0 Å². The molecule has 2 aromatic carbocycles. The van der Waals surface area contributed by atoms with Gasteiger partial charge in [0.2, 0.25) is 5.88 Å². The van der Waals surface area contributed by atoms with Crippen LogP contribution in [-0.2, 0) is 0 Å². The second-order valence-electron chi connectivity index (χ2n) is 13.3. The molecule has 230 valence electrons. The molecule has 0 radical (unpaired) electrons. The molecule has 11 heteroatoms. The van der Waals surface area contributed by atoms with Crippen LogP contribution in [-0.4, -0.2) is 74.6 Å². The summed E-state index contributed by atoms with van der Waals surface area (Å²) in [4.78, 5) is 18.3. The van der Waals surface area contributed by atoms with Crippen LogP contribution >= 0.6 is 0 Å². The van der Waals surface area contributed by atoms with Gasteiger partial charge in [-0.15, -0.1) is 6.42 Å². The summed E-state index contributed by atoms with van der Waals surface area (Å²) < 4.78 is 59.3. The number of halogens is 3. The topological polar surface area (TPSA) is 83.8 Å². The number of alkyl halides is 1. The molecule has 9 rings (SSSR count). The molecule has 2 atom stereocenters. The predicted octanol–water partition coefficient (Wildman–Crippen LogP) is 5.66. The van der Waals surface area contributed by atoms with Crippen LogP contribution in [0.5, 0.6) is 17.6 Å². The van der Waals surface area contributed by atoms with E-state index in [0.29, 0.717) is 29.6 Å². The van der Waals surface area contributed by atoms with Gasteiger partial charge in [-0.25, -0.2) is 18.2 Å². The monoisotopic (exact) mass is 613 g/mol. The number of terminal acetylenes is 1. The van der Waals surface area contributed by atoms with E-state index in [1.807, 2.05) is 7.05 Å². The summed E-state index contributed by atoms with van der Waals surface area (Å²) in [5, 5.41) is 11.6. The van der Waals surface area contributed by atoms with Crippen LogP contribution in [0, 0.1) is 24.0 Å². The number of nitrogens with zero attached hydrogens (tertiary/aromatic N) is 5. The van der Waals surface area contributed by atoms with Gasteiger partial charge in [0.15, 0.2) is 5.82 Å². The van der Waals surface area contributed by atoms with Gasteiger partial charge >= 0.3 is 6.01 Å². The molecule has 2 aromatic heterocycles. The van der Waals surface area contributed by atoms with Crippen molar-refractivity contribution < 1.29 is 27.8 Å². The van der Waals surface area contributed by atoms with E-state index in [4.69, 9.17) is 25.9 Å². The quantitative estimate of drug-likeness (QED) is 0.296. The van der Waals surface area contributed by atoms with Gasteiger partial charge in [-0.3, -0.25) is 4.90 Å². The molecule has 4 aromatic rings. The number of hydrogen-bond acceptors (Lipinski definition) is 8. The summed E-state index contributed by atoms with van der Waals surface area (Å²) in [7, 11) is 1.94. The third-order valence-electron chi connectivity index (χ3n) is 10.9. The van der Waals surface area contributed by atoms with Gasteiger partial charge in [-0.1, -0.05) is 12.0 Å². The number of phenolic OH excluding ortho intramolecular Hbond substituents is 1. The number of aromatic nitrogens is 3. The first-order valence-corrected chi connectivity index (χ1v) is 15.5. The third-order valence-corrected chi connectivity index (χ3v) is 10.9. The summed E-state index contributed by atoms with van der Waals surface area (Å²) in [6.07, 6.45) is 10.3. The zero-order valence-corrected chi connectivity index (χ0v) is 24.7. The van der Waals surface area contributed by atoms with Crippen LogP contribution in [0.15, 0.2) is 24.3 Å². The maximum absolute atomic E-state index is 17.0. The van der Waals surface area contributed by atoms with Crippen molar-refractivity contribution in [2.75, 3.05) is 31.6 Å². The first-order chi connectivity index (χ1) is 21.7. The molecule has 8 nitrogen and oxygen atoms in total. The molecule has 2 saturated heterocycles. The Morgan fingerprint density at radius 3 is 2.69 bits per heavy atom. The highest BCUT2D eigenvalue weighted by atomic mass is 19.1. The van der Waals surface area contributed by atoms with Crippen molar-refractivity contribution in [1.29, 1.82) is 0 Å². The van der Waals surface area contributed by atoms with Gasteiger partial charge in [-0.2, -0.15) is 9.97 Å². The van der Waals surface area contributed by atoms with Crippen molar-refractivity contribution in [3.63, 3.8) is 0 Å². The van der Waals surface area contributed by atoms with Crippen molar-refractivity contribution in [2.24, 2.45) is 0 Å². The number of anilines is 1. The molecule has 0 bridgehead atoms. The molecule has 3 aliphatic heterocycles. The van der Waals surface area contributed by atoms with Crippen LogP contribution in [0.3, 0.4) is 0 Å². The highest BCUT2D eigenvalue weighted by Gasteiger charge is 2.71. The number of ether oxygens (including phenoxy) is 2. The first kappa shape index (κ1) is 27.0. The smallest absolute Gasteiger partial charge is 0.319 e. The molecule has 0 amide bonds. The minimum atomic E-state index is -0.924. The fourth-order valence-corrected chi connectivity index (χ4v) is 8.44. The normalized spacial score (nSPS) is 25.4. The summed E-state index contributed by atoms with van der Waals surface area (Å²) in [5.74, 6) is 1.39. The summed E-state index contributed by atoms with van der Waals surface area (Å²) >= 11 is 0. The molecular weight excluding hydrogens is 583 g/mol. The highest BCUT2D eigenvalue weighted by Crippen LogP contribution is 2.65. The molecule has 2 saturated carbocycles. The minimum Gasteiger partial charge on any atom is -0.508 e. The first-order valence-electron chi connectivity index (χ1n) is 15.5. The highest BCUT2D eigenvalue weighted by molar-refractivity contribution is 6.04. The van der Waals surface area contributed by atoms with Crippen LogP contribution < -0.4 is 14.4 Å². The van der Waals surface area contributed by atoms with Crippen molar-refractivity contribution >= 4 is 27.5 Å². The number of pyridine rings is 1.